The van der Waals surface area contributed by atoms with Crippen LogP contribution in [-0.4, -0.2) is 29.6 Å². The summed E-state index contributed by atoms with van der Waals surface area (Å²) in [6, 6.07) is 9.83. The third kappa shape index (κ3) is 4.62. The second-order valence-corrected chi connectivity index (χ2v) is 4.70. The van der Waals surface area contributed by atoms with Gasteiger partial charge in [0.15, 0.2) is 12.4 Å². The fourth-order valence-corrected chi connectivity index (χ4v) is 1.67. The van der Waals surface area contributed by atoms with Gasteiger partial charge in [-0.3, -0.25) is 9.59 Å². The average molecular weight is 303 g/mol. The van der Waals surface area contributed by atoms with Gasteiger partial charge in [0.25, 0.3) is 5.91 Å². The lowest BCUT2D eigenvalue weighted by Gasteiger charge is -2.13. The van der Waals surface area contributed by atoms with Crippen LogP contribution in [0.2, 0.25) is 0 Å². The van der Waals surface area contributed by atoms with Gasteiger partial charge in [-0.05, 0) is 26.0 Å². The van der Waals surface area contributed by atoms with Gasteiger partial charge >= 0.3 is 0 Å². The van der Waals surface area contributed by atoms with Gasteiger partial charge in [0.05, 0.1) is 0 Å². The first-order valence-electron chi connectivity index (χ1n) is 6.76. The van der Waals surface area contributed by atoms with Crippen molar-refractivity contribution in [2.75, 3.05) is 11.9 Å². The Hall–Kier alpha value is -2.83. The van der Waals surface area contributed by atoms with E-state index in [4.69, 9.17) is 9.26 Å². The normalized spacial score (nSPS) is 11.5. The van der Waals surface area contributed by atoms with E-state index in [-0.39, 0.29) is 18.4 Å². The number of aryl methyl sites for hydroxylation is 1. The molecule has 1 atom stereocenters. The Morgan fingerprint density at radius 3 is 2.68 bits per heavy atom. The summed E-state index contributed by atoms with van der Waals surface area (Å²) >= 11 is 0. The first kappa shape index (κ1) is 15.6. The van der Waals surface area contributed by atoms with Crippen LogP contribution in [0.3, 0.4) is 0 Å². The minimum atomic E-state index is -0.719. The highest BCUT2D eigenvalue weighted by molar-refractivity contribution is 5.96. The average Bonchev–Trinajstić information content (AvgIpc) is 2.91. The van der Waals surface area contributed by atoms with E-state index in [1.54, 1.807) is 32.0 Å². The molecule has 2 aromatic rings. The molecule has 1 aromatic heterocycles. The van der Waals surface area contributed by atoms with Crippen LogP contribution in [-0.2, 0) is 9.59 Å². The van der Waals surface area contributed by atoms with E-state index in [1.165, 1.54) is 0 Å². The molecule has 0 radical (unpaired) electrons. The molecule has 0 aliphatic carbocycles. The maximum absolute atomic E-state index is 11.9. The van der Waals surface area contributed by atoms with Gasteiger partial charge in [-0.15, -0.1) is 0 Å². The Kier molecular flexibility index (Phi) is 5.13. The smallest absolute Gasteiger partial charge is 0.258 e. The molecule has 0 spiro atoms. The molecule has 0 aliphatic heterocycles. The Bertz CT molecular complexity index is 639. The molecule has 2 amide bonds. The highest BCUT2D eigenvalue weighted by atomic mass is 16.5. The van der Waals surface area contributed by atoms with Gasteiger partial charge in [-0.25, -0.2) is 0 Å². The number of hydrogen-bond acceptors (Lipinski definition) is 5. The number of nitrogens with zero attached hydrogens (tertiary/aromatic N) is 1. The molecule has 0 bridgehead atoms. The van der Waals surface area contributed by atoms with E-state index in [0.717, 1.165) is 0 Å². The lowest BCUT2D eigenvalue weighted by molar-refractivity contribution is -0.127. The van der Waals surface area contributed by atoms with Crippen molar-refractivity contribution in [1.29, 1.82) is 0 Å². The van der Waals surface area contributed by atoms with E-state index in [0.29, 0.717) is 17.3 Å². The van der Waals surface area contributed by atoms with Gasteiger partial charge in [0, 0.05) is 6.07 Å². The van der Waals surface area contributed by atoms with Crippen LogP contribution in [0.15, 0.2) is 40.9 Å². The number of rotatable bonds is 6. The SMILES string of the molecule is Cc1cc(NC(=O)[C@H](C)NC(=O)COc2ccccc2)no1. The summed E-state index contributed by atoms with van der Waals surface area (Å²) in [7, 11) is 0. The molecule has 0 fully saturated rings. The largest absolute Gasteiger partial charge is 0.484 e. The lowest BCUT2D eigenvalue weighted by atomic mass is 10.3. The van der Waals surface area contributed by atoms with Crippen molar-refractivity contribution in [2.45, 2.75) is 19.9 Å². The van der Waals surface area contributed by atoms with Crippen molar-refractivity contribution in [3.8, 4) is 5.75 Å². The van der Waals surface area contributed by atoms with Crippen molar-refractivity contribution in [2.24, 2.45) is 0 Å². The van der Waals surface area contributed by atoms with E-state index >= 15 is 0 Å². The maximum atomic E-state index is 11.9. The van der Waals surface area contributed by atoms with Crippen molar-refractivity contribution in [3.05, 3.63) is 42.2 Å². The van der Waals surface area contributed by atoms with Crippen LogP contribution in [0.25, 0.3) is 0 Å². The molecule has 0 aliphatic rings. The lowest BCUT2D eigenvalue weighted by Crippen LogP contribution is -2.43. The minimum Gasteiger partial charge on any atom is -0.484 e. The molecule has 7 heteroatoms. The van der Waals surface area contributed by atoms with Crippen LogP contribution < -0.4 is 15.4 Å². The van der Waals surface area contributed by atoms with Crippen LogP contribution in [0.4, 0.5) is 5.82 Å². The van der Waals surface area contributed by atoms with Gasteiger partial charge in [-0.2, -0.15) is 0 Å². The highest BCUT2D eigenvalue weighted by Gasteiger charge is 2.17. The molecule has 7 nitrogen and oxygen atoms in total. The summed E-state index contributed by atoms with van der Waals surface area (Å²) in [6.07, 6.45) is 0. The van der Waals surface area contributed by atoms with Crippen molar-refractivity contribution in [3.63, 3.8) is 0 Å². The first-order chi connectivity index (χ1) is 10.5. The highest BCUT2D eigenvalue weighted by Crippen LogP contribution is 2.08. The summed E-state index contributed by atoms with van der Waals surface area (Å²) in [5.74, 6) is 0.712. The predicted molar refractivity (Wildman–Crippen MR) is 79.4 cm³/mol. The fraction of sp³-hybridized carbons (Fsp3) is 0.267. The number of hydrogen-bond donors (Lipinski definition) is 2. The standard InChI is InChI=1S/C15H17N3O4/c1-10-8-13(18-22-10)17-15(20)11(2)16-14(19)9-21-12-6-4-3-5-7-12/h3-8,11H,9H2,1-2H3,(H,16,19)(H,17,18,20)/t11-/m0/s1. The monoisotopic (exact) mass is 303 g/mol. The zero-order valence-corrected chi connectivity index (χ0v) is 12.3. The molecule has 22 heavy (non-hydrogen) atoms. The number of para-hydroxylation sites is 1. The number of ether oxygens (including phenoxy) is 1. The number of benzene rings is 1. The first-order valence-corrected chi connectivity index (χ1v) is 6.76. The summed E-state index contributed by atoms with van der Waals surface area (Å²) in [5, 5.41) is 8.73. The van der Waals surface area contributed by atoms with E-state index < -0.39 is 6.04 Å². The summed E-state index contributed by atoms with van der Waals surface area (Å²) in [4.78, 5) is 23.6. The Morgan fingerprint density at radius 2 is 2.05 bits per heavy atom. The number of amides is 2. The minimum absolute atomic E-state index is 0.162. The zero-order valence-electron chi connectivity index (χ0n) is 12.3. The van der Waals surface area contributed by atoms with Crippen LogP contribution in [0.5, 0.6) is 5.75 Å². The van der Waals surface area contributed by atoms with Gasteiger partial charge in [0.1, 0.15) is 17.6 Å². The maximum Gasteiger partial charge on any atom is 0.258 e. The van der Waals surface area contributed by atoms with Crippen LogP contribution in [0.1, 0.15) is 12.7 Å². The quantitative estimate of drug-likeness (QED) is 0.843. The Morgan fingerprint density at radius 1 is 1.32 bits per heavy atom. The van der Waals surface area contributed by atoms with E-state index in [2.05, 4.69) is 15.8 Å². The third-order valence-corrected chi connectivity index (χ3v) is 2.76. The number of aromatic nitrogens is 1. The topological polar surface area (TPSA) is 93.5 Å². The summed E-state index contributed by atoms with van der Waals surface area (Å²) < 4.78 is 10.1. The van der Waals surface area contributed by atoms with Crippen molar-refractivity contribution >= 4 is 17.6 Å². The molecule has 2 N–H and O–H groups in total. The molecular weight excluding hydrogens is 286 g/mol. The second kappa shape index (κ2) is 7.26. The second-order valence-electron chi connectivity index (χ2n) is 4.70. The molecule has 0 saturated heterocycles. The molecule has 1 aromatic carbocycles. The van der Waals surface area contributed by atoms with E-state index in [1.807, 2.05) is 18.2 Å². The van der Waals surface area contributed by atoms with Gasteiger partial charge in [-0.1, -0.05) is 23.4 Å². The number of nitrogens with one attached hydrogen (secondary N) is 2. The Balaban J connectivity index is 1.76. The van der Waals surface area contributed by atoms with Crippen molar-refractivity contribution < 1.29 is 18.8 Å². The fourth-order valence-electron chi connectivity index (χ4n) is 1.67. The van der Waals surface area contributed by atoms with Gasteiger partial charge in [0.2, 0.25) is 5.91 Å². The summed E-state index contributed by atoms with van der Waals surface area (Å²) in [5.41, 5.74) is 0. The summed E-state index contributed by atoms with van der Waals surface area (Å²) in [6.45, 7) is 3.13. The third-order valence-electron chi connectivity index (χ3n) is 2.76. The number of carbonyl (C=O) groups is 2. The molecule has 1 heterocycles. The van der Waals surface area contributed by atoms with Crippen LogP contribution in [0, 0.1) is 6.92 Å². The zero-order chi connectivity index (χ0) is 15.9. The molecule has 0 saturated carbocycles. The Labute approximate surface area is 127 Å². The van der Waals surface area contributed by atoms with Gasteiger partial charge < -0.3 is 19.9 Å². The van der Waals surface area contributed by atoms with Crippen LogP contribution >= 0.6 is 0 Å². The molecule has 2 rings (SSSR count). The number of anilines is 1. The van der Waals surface area contributed by atoms with E-state index in [9.17, 15) is 9.59 Å². The molecular formula is C15H17N3O4. The molecule has 0 unspecified atom stereocenters. The predicted octanol–water partition coefficient (Wildman–Crippen LogP) is 1.51. The molecule has 116 valence electrons. The number of carbonyl (C=O) groups excluding carboxylic acids is 2. The van der Waals surface area contributed by atoms with Crippen molar-refractivity contribution in [1.82, 2.24) is 10.5 Å².